The largest absolute Gasteiger partial charge is 0.370 e. The number of ketones is 1. The Morgan fingerprint density at radius 2 is 2.14 bits per heavy atom. The fraction of sp³-hybridized carbons (Fsp3) is 0.467. The normalized spacial score (nSPS) is 24.0. The molecule has 6 nitrogen and oxygen atoms in total. The number of Topliss-reactive ketones (excluding diaryl/α,β-unsaturated/α-hetero) is 1. The van der Waals surface area contributed by atoms with Crippen molar-refractivity contribution in [2.45, 2.75) is 25.3 Å². The smallest absolute Gasteiger partial charge is 0.173 e. The molecule has 2 aliphatic carbocycles. The Balaban J connectivity index is 1.74. The molecule has 1 aromatic rings. The van der Waals surface area contributed by atoms with Crippen molar-refractivity contribution in [2.24, 2.45) is 27.9 Å². The standard InChI is InChI=1S/C15H18ClN5O/c1-21(9-3-4-9)13-5-2-8(6-12(13)16)14(22)10-7-11(10)15(19-17)20-18/h2,5-6,9-11,17H,3-4,7,18H2,1H3/b19-17?,20-15-/t10-,11-/m0/s1. The Labute approximate surface area is 133 Å². The number of hydrogen-bond donors (Lipinski definition) is 2. The van der Waals surface area contributed by atoms with E-state index < -0.39 is 0 Å². The number of carbonyl (C=O) groups excluding carboxylic acids is 1. The van der Waals surface area contributed by atoms with E-state index in [9.17, 15) is 4.79 Å². The molecule has 7 heteroatoms. The number of hydrogen-bond acceptors (Lipinski definition) is 5. The molecule has 2 saturated carbocycles. The fourth-order valence-electron chi connectivity index (χ4n) is 2.80. The number of carbonyl (C=O) groups is 1. The van der Waals surface area contributed by atoms with Crippen LogP contribution in [0.15, 0.2) is 28.4 Å². The number of hydrazone groups is 1. The number of anilines is 1. The van der Waals surface area contributed by atoms with Crippen molar-refractivity contribution in [3.05, 3.63) is 28.8 Å². The summed E-state index contributed by atoms with van der Waals surface area (Å²) < 4.78 is 0. The molecule has 2 aliphatic rings. The number of amidine groups is 1. The van der Waals surface area contributed by atoms with Gasteiger partial charge < -0.3 is 10.7 Å². The van der Waals surface area contributed by atoms with Crippen LogP contribution in [0.25, 0.3) is 0 Å². The zero-order valence-corrected chi connectivity index (χ0v) is 13.0. The molecule has 0 heterocycles. The number of benzene rings is 1. The van der Waals surface area contributed by atoms with Crippen LogP contribution in [0.5, 0.6) is 0 Å². The molecule has 3 N–H and O–H groups in total. The first-order chi connectivity index (χ1) is 10.6. The van der Waals surface area contributed by atoms with Gasteiger partial charge in [-0.25, -0.2) is 5.53 Å². The lowest BCUT2D eigenvalue weighted by Gasteiger charge is -2.20. The summed E-state index contributed by atoms with van der Waals surface area (Å²) in [5.41, 5.74) is 8.54. The zero-order chi connectivity index (χ0) is 15.9. The summed E-state index contributed by atoms with van der Waals surface area (Å²) in [5.74, 6) is 5.08. The molecule has 0 bridgehead atoms. The minimum atomic E-state index is -0.195. The molecular formula is C15H18ClN5O. The molecule has 0 amide bonds. The average Bonchev–Trinajstić information content (AvgIpc) is 3.39. The van der Waals surface area contributed by atoms with E-state index in [0.29, 0.717) is 23.0 Å². The van der Waals surface area contributed by atoms with Crippen molar-refractivity contribution in [1.29, 1.82) is 5.53 Å². The van der Waals surface area contributed by atoms with E-state index in [1.165, 1.54) is 12.8 Å². The predicted molar refractivity (Wildman–Crippen MR) is 85.6 cm³/mol. The third kappa shape index (κ3) is 2.70. The molecular weight excluding hydrogens is 302 g/mol. The third-order valence-corrected chi connectivity index (χ3v) is 4.72. The molecule has 1 aromatic carbocycles. The van der Waals surface area contributed by atoms with Gasteiger partial charge in [-0.05, 0) is 37.5 Å². The van der Waals surface area contributed by atoms with Crippen molar-refractivity contribution >= 4 is 28.9 Å². The van der Waals surface area contributed by atoms with Gasteiger partial charge in [0, 0.05) is 30.5 Å². The van der Waals surface area contributed by atoms with Gasteiger partial charge in [-0.3, -0.25) is 4.79 Å². The first-order valence-corrected chi connectivity index (χ1v) is 7.66. The van der Waals surface area contributed by atoms with Gasteiger partial charge in [-0.15, -0.1) is 5.11 Å². The summed E-state index contributed by atoms with van der Waals surface area (Å²) >= 11 is 6.33. The number of halogens is 1. The fourth-order valence-corrected chi connectivity index (χ4v) is 3.11. The summed E-state index contributed by atoms with van der Waals surface area (Å²) in [5, 5.41) is 7.31. The van der Waals surface area contributed by atoms with E-state index in [-0.39, 0.29) is 23.5 Å². The monoisotopic (exact) mass is 319 g/mol. The van der Waals surface area contributed by atoms with Gasteiger partial charge in [0.1, 0.15) is 0 Å². The third-order valence-electron chi connectivity index (χ3n) is 4.41. The van der Waals surface area contributed by atoms with Crippen LogP contribution >= 0.6 is 11.6 Å². The molecule has 116 valence electrons. The van der Waals surface area contributed by atoms with Crippen LogP contribution in [-0.4, -0.2) is 24.7 Å². The van der Waals surface area contributed by atoms with Crippen LogP contribution in [-0.2, 0) is 0 Å². The van der Waals surface area contributed by atoms with E-state index in [4.69, 9.17) is 23.0 Å². The van der Waals surface area contributed by atoms with Crippen LogP contribution in [0.1, 0.15) is 29.6 Å². The van der Waals surface area contributed by atoms with Crippen molar-refractivity contribution in [2.75, 3.05) is 11.9 Å². The molecule has 0 unspecified atom stereocenters. The SMILES string of the molecule is CN(c1ccc(C(=O)[C@H]2C[C@@H]2/C(N=N)=N/N)cc1Cl)C1CC1. The Morgan fingerprint density at radius 3 is 2.68 bits per heavy atom. The van der Waals surface area contributed by atoms with Crippen LogP contribution in [0.3, 0.4) is 0 Å². The second-order valence-corrected chi connectivity index (χ2v) is 6.33. The van der Waals surface area contributed by atoms with Gasteiger partial charge in [-0.1, -0.05) is 11.6 Å². The van der Waals surface area contributed by atoms with Gasteiger partial charge in [0.25, 0.3) is 0 Å². The Bertz CT molecular complexity index is 655. The quantitative estimate of drug-likeness (QED) is 0.218. The maximum atomic E-state index is 12.5. The van der Waals surface area contributed by atoms with E-state index in [2.05, 4.69) is 15.1 Å². The average molecular weight is 320 g/mol. The molecule has 3 rings (SSSR count). The highest BCUT2D eigenvalue weighted by atomic mass is 35.5. The topological polar surface area (TPSA) is 94.9 Å². The Hall–Kier alpha value is -1.95. The van der Waals surface area contributed by atoms with Gasteiger partial charge in [0.15, 0.2) is 11.6 Å². The Morgan fingerprint density at radius 1 is 1.41 bits per heavy atom. The van der Waals surface area contributed by atoms with E-state index in [1.807, 2.05) is 19.2 Å². The molecule has 22 heavy (non-hydrogen) atoms. The lowest BCUT2D eigenvalue weighted by Crippen LogP contribution is -2.20. The lowest BCUT2D eigenvalue weighted by atomic mass is 10.0. The molecule has 2 fully saturated rings. The molecule has 2 atom stereocenters. The summed E-state index contributed by atoms with van der Waals surface area (Å²) in [6.07, 6.45) is 3.02. The van der Waals surface area contributed by atoms with Crippen LogP contribution in [0.2, 0.25) is 5.02 Å². The first-order valence-electron chi connectivity index (χ1n) is 7.28. The van der Waals surface area contributed by atoms with Crippen molar-refractivity contribution in [3.8, 4) is 0 Å². The molecule has 0 spiro atoms. The minimum Gasteiger partial charge on any atom is -0.370 e. The number of rotatable bonds is 5. The van der Waals surface area contributed by atoms with Crippen molar-refractivity contribution < 1.29 is 4.79 Å². The number of nitrogens with one attached hydrogen (secondary N) is 1. The maximum Gasteiger partial charge on any atom is 0.173 e. The highest BCUT2D eigenvalue weighted by Crippen LogP contribution is 2.43. The lowest BCUT2D eigenvalue weighted by molar-refractivity contribution is 0.0964. The van der Waals surface area contributed by atoms with Gasteiger partial charge in [0.05, 0.1) is 10.7 Å². The maximum absolute atomic E-state index is 12.5. The molecule has 0 aromatic heterocycles. The van der Waals surface area contributed by atoms with E-state index in [1.54, 1.807) is 6.07 Å². The second kappa shape index (κ2) is 5.68. The van der Waals surface area contributed by atoms with Crippen molar-refractivity contribution in [3.63, 3.8) is 0 Å². The van der Waals surface area contributed by atoms with Gasteiger partial charge in [0.2, 0.25) is 0 Å². The van der Waals surface area contributed by atoms with Crippen LogP contribution in [0.4, 0.5) is 5.69 Å². The predicted octanol–water partition coefficient (Wildman–Crippen LogP) is 3.06. The molecule has 0 saturated heterocycles. The first kappa shape index (κ1) is 15.0. The number of nitrogens with two attached hydrogens (primary N) is 1. The van der Waals surface area contributed by atoms with Gasteiger partial charge >= 0.3 is 0 Å². The van der Waals surface area contributed by atoms with Crippen LogP contribution < -0.4 is 10.7 Å². The molecule has 0 radical (unpaired) electrons. The second-order valence-electron chi connectivity index (χ2n) is 5.92. The van der Waals surface area contributed by atoms with Gasteiger partial charge in [-0.2, -0.15) is 5.10 Å². The summed E-state index contributed by atoms with van der Waals surface area (Å²) in [6, 6.07) is 6.01. The highest BCUT2D eigenvalue weighted by molar-refractivity contribution is 6.33. The highest BCUT2D eigenvalue weighted by Gasteiger charge is 2.47. The van der Waals surface area contributed by atoms with Crippen LogP contribution in [0, 0.1) is 17.4 Å². The summed E-state index contributed by atoms with van der Waals surface area (Å²) in [4.78, 5) is 14.6. The minimum absolute atomic E-state index is 0.0114. The van der Waals surface area contributed by atoms with E-state index >= 15 is 0 Å². The number of nitrogens with zero attached hydrogens (tertiary/aromatic N) is 3. The van der Waals surface area contributed by atoms with E-state index in [0.717, 1.165) is 5.69 Å². The Kier molecular flexibility index (Phi) is 3.87. The summed E-state index contributed by atoms with van der Waals surface area (Å²) in [7, 11) is 2.02. The summed E-state index contributed by atoms with van der Waals surface area (Å²) in [6.45, 7) is 0. The molecule has 0 aliphatic heterocycles. The van der Waals surface area contributed by atoms with Crippen molar-refractivity contribution in [1.82, 2.24) is 0 Å². The zero-order valence-electron chi connectivity index (χ0n) is 12.3.